The van der Waals surface area contributed by atoms with Gasteiger partial charge in [-0.05, 0) is 38.8 Å². The predicted octanol–water partition coefficient (Wildman–Crippen LogP) is 6.09. The van der Waals surface area contributed by atoms with E-state index in [1.165, 1.54) is 27.8 Å². The van der Waals surface area contributed by atoms with E-state index < -0.39 is 0 Å². The van der Waals surface area contributed by atoms with Crippen LogP contribution in [0.4, 0.5) is 0 Å². The SMILES string of the molecule is Cc1ccc(-c2nc(C(C(c3ccc(C)cc3)c3ccc(C)cc3)N3CCNCC3)c(C)[nH]2)cc1. The summed E-state index contributed by atoms with van der Waals surface area (Å²) < 4.78 is 0. The number of aromatic amines is 1. The zero-order valence-corrected chi connectivity index (χ0v) is 21.3. The minimum absolute atomic E-state index is 0.137. The minimum Gasteiger partial charge on any atom is -0.342 e. The average Bonchev–Trinajstić information content (AvgIpc) is 3.26. The van der Waals surface area contributed by atoms with Crippen LogP contribution in [0.15, 0.2) is 72.8 Å². The van der Waals surface area contributed by atoms with Gasteiger partial charge in [0.15, 0.2) is 0 Å². The molecule has 0 aliphatic carbocycles. The lowest BCUT2D eigenvalue weighted by atomic mass is 9.81. The number of nitrogens with one attached hydrogen (secondary N) is 2. The van der Waals surface area contributed by atoms with Crippen molar-refractivity contribution in [3.63, 3.8) is 0 Å². The summed E-state index contributed by atoms with van der Waals surface area (Å²) in [5.74, 6) is 1.13. The highest BCUT2D eigenvalue weighted by Crippen LogP contribution is 2.42. The van der Waals surface area contributed by atoms with Crippen molar-refractivity contribution in [3.8, 4) is 11.4 Å². The van der Waals surface area contributed by atoms with Gasteiger partial charge in [0.25, 0.3) is 0 Å². The Bertz CT molecular complexity index is 1200. The molecule has 35 heavy (non-hydrogen) atoms. The summed E-state index contributed by atoms with van der Waals surface area (Å²) in [6.07, 6.45) is 0. The van der Waals surface area contributed by atoms with Crippen LogP contribution in [0, 0.1) is 27.7 Å². The first-order valence-electron chi connectivity index (χ1n) is 12.7. The zero-order chi connectivity index (χ0) is 24.4. The number of imidazole rings is 1. The van der Waals surface area contributed by atoms with Crippen LogP contribution in [0.25, 0.3) is 11.4 Å². The molecule has 0 bridgehead atoms. The third kappa shape index (κ3) is 5.09. The number of hydrogen-bond donors (Lipinski definition) is 2. The van der Waals surface area contributed by atoms with Crippen LogP contribution in [0.1, 0.15) is 51.2 Å². The number of hydrogen-bond acceptors (Lipinski definition) is 3. The summed E-state index contributed by atoms with van der Waals surface area (Å²) in [6, 6.07) is 26.9. The lowest BCUT2D eigenvalue weighted by molar-refractivity contribution is 0.156. The first-order chi connectivity index (χ1) is 17.0. The van der Waals surface area contributed by atoms with Crippen molar-refractivity contribution in [1.29, 1.82) is 0 Å². The molecule has 1 aliphatic heterocycles. The van der Waals surface area contributed by atoms with Crippen LogP contribution >= 0.6 is 0 Å². The molecule has 180 valence electrons. The number of aryl methyl sites for hydroxylation is 4. The number of H-pyrrole nitrogens is 1. The van der Waals surface area contributed by atoms with E-state index in [-0.39, 0.29) is 12.0 Å². The highest BCUT2D eigenvalue weighted by molar-refractivity contribution is 5.57. The molecule has 0 radical (unpaired) electrons. The average molecular weight is 465 g/mol. The second-order valence-corrected chi connectivity index (χ2v) is 9.99. The van der Waals surface area contributed by atoms with Crippen LogP contribution in [-0.2, 0) is 0 Å². The van der Waals surface area contributed by atoms with Crippen LogP contribution in [0.3, 0.4) is 0 Å². The molecule has 1 fully saturated rings. The second kappa shape index (κ2) is 10.2. The number of nitrogens with zero attached hydrogens (tertiary/aromatic N) is 2. The maximum Gasteiger partial charge on any atom is 0.137 e. The smallest absolute Gasteiger partial charge is 0.137 e. The molecule has 1 aliphatic rings. The summed E-state index contributed by atoms with van der Waals surface area (Å²) in [7, 11) is 0. The summed E-state index contributed by atoms with van der Waals surface area (Å²) in [6.45, 7) is 12.6. The molecule has 1 aromatic heterocycles. The molecule has 4 aromatic rings. The fraction of sp³-hybridized carbons (Fsp3) is 0.323. The monoisotopic (exact) mass is 464 g/mol. The van der Waals surface area contributed by atoms with Gasteiger partial charge in [-0.15, -0.1) is 0 Å². The molecule has 0 spiro atoms. The first kappa shape index (κ1) is 23.5. The number of piperazine rings is 1. The van der Waals surface area contributed by atoms with Crippen molar-refractivity contribution in [2.75, 3.05) is 26.2 Å². The molecule has 1 unspecified atom stereocenters. The maximum atomic E-state index is 5.27. The van der Waals surface area contributed by atoms with E-state index in [1.807, 2.05) is 0 Å². The van der Waals surface area contributed by atoms with Crippen molar-refractivity contribution in [2.45, 2.75) is 39.7 Å². The lowest BCUT2D eigenvalue weighted by Gasteiger charge is -2.39. The number of aromatic nitrogens is 2. The Hall–Kier alpha value is -3.21. The highest BCUT2D eigenvalue weighted by Gasteiger charge is 2.35. The zero-order valence-electron chi connectivity index (χ0n) is 21.3. The van der Waals surface area contributed by atoms with Gasteiger partial charge in [-0.1, -0.05) is 89.5 Å². The van der Waals surface area contributed by atoms with Crippen LogP contribution < -0.4 is 5.32 Å². The normalized spacial score (nSPS) is 15.5. The standard InChI is InChI=1S/C31H36N4/c1-21-5-11-25(12-6-21)28(26-13-7-22(2)8-14-26)30(35-19-17-32-18-20-35)29-24(4)33-31(34-29)27-15-9-23(3)10-16-27/h5-16,28,30,32H,17-20H2,1-4H3,(H,33,34). The Morgan fingerprint density at radius 2 is 1.17 bits per heavy atom. The fourth-order valence-corrected chi connectivity index (χ4v) is 5.22. The van der Waals surface area contributed by atoms with Crippen molar-refractivity contribution >= 4 is 0 Å². The summed E-state index contributed by atoms with van der Waals surface area (Å²) in [5, 5.41) is 3.54. The van der Waals surface area contributed by atoms with Crippen molar-refractivity contribution in [3.05, 3.63) is 112 Å². The van der Waals surface area contributed by atoms with E-state index in [0.717, 1.165) is 49.0 Å². The Labute approximate surface area is 209 Å². The van der Waals surface area contributed by atoms with Crippen LogP contribution in [0.5, 0.6) is 0 Å². The first-order valence-corrected chi connectivity index (χ1v) is 12.7. The minimum atomic E-state index is 0.137. The van der Waals surface area contributed by atoms with E-state index in [1.54, 1.807) is 0 Å². The van der Waals surface area contributed by atoms with E-state index in [9.17, 15) is 0 Å². The van der Waals surface area contributed by atoms with Crippen molar-refractivity contribution < 1.29 is 0 Å². The van der Waals surface area contributed by atoms with E-state index in [4.69, 9.17) is 4.98 Å². The van der Waals surface area contributed by atoms with Gasteiger partial charge in [0.05, 0.1) is 11.7 Å². The molecule has 3 aromatic carbocycles. The molecule has 1 atom stereocenters. The fourth-order valence-electron chi connectivity index (χ4n) is 5.22. The number of rotatable bonds is 6. The Kier molecular flexibility index (Phi) is 6.85. The van der Waals surface area contributed by atoms with Crippen molar-refractivity contribution in [2.24, 2.45) is 0 Å². The van der Waals surface area contributed by atoms with Gasteiger partial charge in [-0.25, -0.2) is 4.98 Å². The molecule has 0 amide bonds. The number of benzene rings is 3. The molecular weight excluding hydrogens is 428 g/mol. The third-order valence-electron chi connectivity index (χ3n) is 7.26. The highest BCUT2D eigenvalue weighted by atomic mass is 15.2. The molecule has 4 heteroatoms. The molecule has 1 saturated heterocycles. The van der Waals surface area contributed by atoms with Gasteiger partial charge in [0.1, 0.15) is 5.82 Å². The van der Waals surface area contributed by atoms with E-state index in [2.05, 4.69) is 116 Å². The Morgan fingerprint density at radius 1 is 0.686 bits per heavy atom. The molecule has 5 rings (SSSR count). The Morgan fingerprint density at radius 3 is 1.69 bits per heavy atom. The molecular formula is C31H36N4. The molecule has 2 heterocycles. The summed E-state index contributed by atoms with van der Waals surface area (Å²) in [4.78, 5) is 11.5. The predicted molar refractivity (Wildman–Crippen MR) is 145 cm³/mol. The second-order valence-electron chi connectivity index (χ2n) is 9.99. The molecule has 0 saturated carbocycles. The van der Waals surface area contributed by atoms with Crippen LogP contribution in [0.2, 0.25) is 0 Å². The molecule has 2 N–H and O–H groups in total. The van der Waals surface area contributed by atoms with Crippen molar-refractivity contribution in [1.82, 2.24) is 20.2 Å². The van der Waals surface area contributed by atoms with E-state index >= 15 is 0 Å². The van der Waals surface area contributed by atoms with E-state index in [0.29, 0.717) is 0 Å². The van der Waals surface area contributed by atoms with Gasteiger partial charge in [0, 0.05) is 43.4 Å². The van der Waals surface area contributed by atoms with Gasteiger partial charge >= 0.3 is 0 Å². The van der Waals surface area contributed by atoms with Gasteiger partial charge in [-0.2, -0.15) is 0 Å². The summed E-state index contributed by atoms with van der Waals surface area (Å²) >= 11 is 0. The quantitative estimate of drug-likeness (QED) is 0.363. The van der Waals surface area contributed by atoms with Crippen LogP contribution in [-0.4, -0.2) is 41.0 Å². The maximum absolute atomic E-state index is 5.27. The topological polar surface area (TPSA) is 44.0 Å². The third-order valence-corrected chi connectivity index (χ3v) is 7.26. The largest absolute Gasteiger partial charge is 0.342 e. The summed E-state index contributed by atoms with van der Waals surface area (Å²) in [5.41, 5.74) is 9.92. The van der Waals surface area contributed by atoms with Gasteiger partial charge < -0.3 is 10.3 Å². The van der Waals surface area contributed by atoms with Gasteiger partial charge in [-0.3, -0.25) is 4.90 Å². The lowest BCUT2D eigenvalue weighted by Crippen LogP contribution is -2.47. The molecule has 4 nitrogen and oxygen atoms in total. The Balaban J connectivity index is 1.66. The van der Waals surface area contributed by atoms with Gasteiger partial charge in [0.2, 0.25) is 0 Å².